The average molecular weight is 244 g/mol. The second-order valence-corrected chi connectivity index (χ2v) is 5.78. The highest BCUT2D eigenvalue weighted by molar-refractivity contribution is 7.98. The molecule has 0 aromatic heterocycles. The molecular formula is C13H28N2S. The Hall–Kier alpha value is 0.270. The van der Waals surface area contributed by atoms with Crippen molar-refractivity contribution in [3.05, 3.63) is 0 Å². The summed E-state index contributed by atoms with van der Waals surface area (Å²) in [7, 11) is 0. The molecule has 1 aliphatic heterocycles. The van der Waals surface area contributed by atoms with Gasteiger partial charge in [0.2, 0.25) is 0 Å². The van der Waals surface area contributed by atoms with Crippen LogP contribution in [0.1, 0.15) is 39.0 Å². The lowest BCUT2D eigenvalue weighted by Gasteiger charge is -2.25. The van der Waals surface area contributed by atoms with E-state index in [0.717, 1.165) is 6.04 Å². The third kappa shape index (κ3) is 6.12. The maximum Gasteiger partial charge on any atom is 0.0195 e. The molecule has 1 N–H and O–H groups in total. The minimum Gasteiger partial charge on any atom is -0.313 e. The molecular weight excluding hydrogens is 216 g/mol. The molecule has 0 aliphatic carbocycles. The van der Waals surface area contributed by atoms with Crippen LogP contribution in [0.2, 0.25) is 0 Å². The SMILES string of the molecule is CCCN(CCCCSC)CC1CCCN1. The van der Waals surface area contributed by atoms with Gasteiger partial charge in [0.25, 0.3) is 0 Å². The minimum atomic E-state index is 0.770. The van der Waals surface area contributed by atoms with Crippen molar-refractivity contribution in [2.45, 2.75) is 45.1 Å². The van der Waals surface area contributed by atoms with Crippen molar-refractivity contribution in [3.63, 3.8) is 0 Å². The molecule has 0 aromatic rings. The van der Waals surface area contributed by atoms with Gasteiger partial charge in [0, 0.05) is 12.6 Å². The number of nitrogens with zero attached hydrogens (tertiary/aromatic N) is 1. The summed E-state index contributed by atoms with van der Waals surface area (Å²) in [6, 6.07) is 0.770. The average Bonchev–Trinajstić information content (AvgIpc) is 2.77. The van der Waals surface area contributed by atoms with Crippen molar-refractivity contribution in [2.24, 2.45) is 0 Å². The van der Waals surface area contributed by atoms with E-state index in [1.807, 2.05) is 11.8 Å². The molecule has 16 heavy (non-hydrogen) atoms. The molecule has 1 saturated heterocycles. The maximum absolute atomic E-state index is 3.60. The quantitative estimate of drug-likeness (QED) is 0.628. The lowest BCUT2D eigenvalue weighted by molar-refractivity contribution is 0.246. The number of hydrogen-bond donors (Lipinski definition) is 1. The van der Waals surface area contributed by atoms with Crippen molar-refractivity contribution in [3.8, 4) is 0 Å². The number of hydrogen-bond acceptors (Lipinski definition) is 3. The monoisotopic (exact) mass is 244 g/mol. The summed E-state index contributed by atoms with van der Waals surface area (Å²) >= 11 is 1.97. The van der Waals surface area contributed by atoms with E-state index in [4.69, 9.17) is 0 Å². The third-order valence-corrected chi connectivity index (χ3v) is 3.95. The Labute approximate surface area is 106 Å². The van der Waals surface area contributed by atoms with Crippen molar-refractivity contribution >= 4 is 11.8 Å². The van der Waals surface area contributed by atoms with Crippen molar-refractivity contribution in [1.82, 2.24) is 10.2 Å². The van der Waals surface area contributed by atoms with Crippen LogP contribution in [0.25, 0.3) is 0 Å². The van der Waals surface area contributed by atoms with E-state index in [1.54, 1.807) is 0 Å². The van der Waals surface area contributed by atoms with E-state index in [-0.39, 0.29) is 0 Å². The van der Waals surface area contributed by atoms with Gasteiger partial charge in [-0.25, -0.2) is 0 Å². The lowest BCUT2D eigenvalue weighted by atomic mass is 10.2. The van der Waals surface area contributed by atoms with Crippen LogP contribution >= 0.6 is 11.8 Å². The zero-order valence-corrected chi connectivity index (χ0v) is 11.8. The summed E-state index contributed by atoms with van der Waals surface area (Å²) in [6.45, 7) is 7.37. The van der Waals surface area contributed by atoms with Crippen LogP contribution in [-0.4, -0.2) is 49.1 Å². The third-order valence-electron chi connectivity index (χ3n) is 3.25. The minimum absolute atomic E-state index is 0.770. The highest BCUT2D eigenvalue weighted by Crippen LogP contribution is 2.09. The van der Waals surface area contributed by atoms with Crippen LogP contribution in [0.4, 0.5) is 0 Å². The molecule has 96 valence electrons. The van der Waals surface area contributed by atoms with Crippen LogP contribution in [0.15, 0.2) is 0 Å². The van der Waals surface area contributed by atoms with Crippen molar-refractivity contribution in [2.75, 3.05) is 38.2 Å². The molecule has 1 heterocycles. The summed E-state index contributed by atoms with van der Waals surface area (Å²) in [4.78, 5) is 2.66. The van der Waals surface area contributed by atoms with Gasteiger partial charge in [-0.3, -0.25) is 0 Å². The molecule has 0 spiro atoms. The smallest absolute Gasteiger partial charge is 0.0195 e. The van der Waals surface area contributed by atoms with Crippen LogP contribution in [0.5, 0.6) is 0 Å². The Bertz CT molecular complexity index is 158. The van der Waals surface area contributed by atoms with Crippen LogP contribution in [-0.2, 0) is 0 Å². The second kappa shape index (κ2) is 9.32. The predicted molar refractivity (Wildman–Crippen MR) is 75.4 cm³/mol. The Kier molecular flexibility index (Phi) is 8.34. The number of unbranched alkanes of at least 4 members (excludes halogenated alkanes) is 1. The molecule has 0 bridgehead atoms. The molecule has 1 fully saturated rings. The Morgan fingerprint density at radius 1 is 1.31 bits per heavy atom. The summed E-state index contributed by atoms with van der Waals surface area (Å²) in [5.41, 5.74) is 0. The molecule has 1 atom stereocenters. The number of thioether (sulfide) groups is 1. The van der Waals surface area contributed by atoms with Gasteiger partial charge < -0.3 is 10.2 Å². The van der Waals surface area contributed by atoms with Crippen molar-refractivity contribution < 1.29 is 0 Å². The topological polar surface area (TPSA) is 15.3 Å². The molecule has 3 heteroatoms. The number of nitrogens with one attached hydrogen (secondary N) is 1. The van der Waals surface area contributed by atoms with E-state index in [2.05, 4.69) is 23.4 Å². The first kappa shape index (κ1) is 14.3. The van der Waals surface area contributed by atoms with Crippen LogP contribution in [0.3, 0.4) is 0 Å². The van der Waals surface area contributed by atoms with Gasteiger partial charge in [-0.1, -0.05) is 6.92 Å². The van der Waals surface area contributed by atoms with E-state index in [1.165, 1.54) is 64.0 Å². The molecule has 0 radical (unpaired) electrons. The first-order valence-corrected chi connectivity index (χ1v) is 8.21. The standard InChI is InChI=1S/C13H28N2S/c1-3-9-15(10-4-5-11-16-2)12-13-7-6-8-14-13/h13-14H,3-12H2,1-2H3. The fraction of sp³-hybridized carbons (Fsp3) is 1.00. The van der Waals surface area contributed by atoms with E-state index in [0.29, 0.717) is 0 Å². The maximum atomic E-state index is 3.60. The fourth-order valence-electron chi connectivity index (χ4n) is 2.42. The molecule has 2 nitrogen and oxygen atoms in total. The first-order valence-electron chi connectivity index (χ1n) is 6.81. The Balaban J connectivity index is 2.12. The van der Waals surface area contributed by atoms with Gasteiger partial charge in [0.05, 0.1) is 0 Å². The largest absolute Gasteiger partial charge is 0.313 e. The van der Waals surface area contributed by atoms with E-state index in [9.17, 15) is 0 Å². The molecule has 0 amide bonds. The summed E-state index contributed by atoms with van der Waals surface area (Å²) in [6.07, 6.45) is 8.98. The zero-order valence-electron chi connectivity index (χ0n) is 11.0. The molecule has 1 aliphatic rings. The predicted octanol–water partition coefficient (Wildman–Crippen LogP) is 2.59. The second-order valence-electron chi connectivity index (χ2n) is 4.79. The van der Waals surface area contributed by atoms with Gasteiger partial charge in [-0.15, -0.1) is 0 Å². The molecule has 0 aromatic carbocycles. The Morgan fingerprint density at radius 3 is 2.81 bits per heavy atom. The Morgan fingerprint density at radius 2 is 2.19 bits per heavy atom. The van der Waals surface area contributed by atoms with Gasteiger partial charge in [-0.2, -0.15) is 11.8 Å². The normalized spacial score (nSPS) is 20.8. The molecule has 1 rings (SSSR count). The van der Waals surface area contributed by atoms with Gasteiger partial charge in [0.15, 0.2) is 0 Å². The van der Waals surface area contributed by atoms with Crippen LogP contribution in [0, 0.1) is 0 Å². The van der Waals surface area contributed by atoms with Crippen LogP contribution < -0.4 is 5.32 Å². The summed E-state index contributed by atoms with van der Waals surface area (Å²) in [5.74, 6) is 1.32. The van der Waals surface area contributed by atoms with Gasteiger partial charge >= 0.3 is 0 Å². The highest BCUT2D eigenvalue weighted by atomic mass is 32.2. The fourth-order valence-corrected chi connectivity index (χ4v) is 2.91. The molecule has 0 saturated carbocycles. The highest BCUT2D eigenvalue weighted by Gasteiger charge is 2.16. The number of rotatable bonds is 9. The lowest BCUT2D eigenvalue weighted by Crippen LogP contribution is -2.38. The molecule has 1 unspecified atom stereocenters. The van der Waals surface area contributed by atoms with Gasteiger partial charge in [0.1, 0.15) is 0 Å². The van der Waals surface area contributed by atoms with E-state index < -0.39 is 0 Å². The summed E-state index contributed by atoms with van der Waals surface area (Å²) in [5, 5.41) is 3.60. The van der Waals surface area contributed by atoms with Gasteiger partial charge in [-0.05, 0) is 63.7 Å². The summed E-state index contributed by atoms with van der Waals surface area (Å²) < 4.78 is 0. The van der Waals surface area contributed by atoms with E-state index >= 15 is 0 Å². The first-order chi connectivity index (χ1) is 7.86. The van der Waals surface area contributed by atoms with Crippen molar-refractivity contribution in [1.29, 1.82) is 0 Å². The zero-order chi connectivity index (χ0) is 11.6.